The molecule has 0 bridgehead atoms. The van der Waals surface area contributed by atoms with Gasteiger partial charge >= 0.3 is 0 Å². The number of nitrogens with zero attached hydrogens (tertiary/aromatic N) is 1. The summed E-state index contributed by atoms with van der Waals surface area (Å²) >= 11 is 0. The summed E-state index contributed by atoms with van der Waals surface area (Å²) in [7, 11) is 1.68. The Morgan fingerprint density at radius 3 is 2.72 bits per heavy atom. The molecule has 0 spiro atoms. The predicted octanol–water partition coefficient (Wildman–Crippen LogP) is 0.717. The highest BCUT2D eigenvalue weighted by atomic mass is 16.7. The van der Waals surface area contributed by atoms with E-state index in [1.807, 2.05) is 19.1 Å². The van der Waals surface area contributed by atoms with Gasteiger partial charge in [-0.05, 0) is 36.6 Å². The van der Waals surface area contributed by atoms with Gasteiger partial charge in [-0.2, -0.15) is 0 Å². The molecule has 0 aromatic heterocycles. The molecule has 1 aromatic rings. The molecule has 1 aromatic carbocycles. The molecule has 0 saturated heterocycles. The number of hydrogen-bond donors (Lipinski definition) is 1. The lowest BCUT2D eigenvalue weighted by molar-refractivity contribution is -0.132. The second kappa shape index (κ2) is 5.27. The zero-order valence-corrected chi connectivity index (χ0v) is 10.6. The van der Waals surface area contributed by atoms with Crippen molar-refractivity contribution in [3.8, 4) is 11.5 Å². The lowest BCUT2D eigenvalue weighted by Gasteiger charge is -2.16. The van der Waals surface area contributed by atoms with Crippen LogP contribution in [-0.2, 0) is 11.2 Å². The maximum absolute atomic E-state index is 11.2. The lowest BCUT2D eigenvalue weighted by atomic mass is 10.0. The molecular weight excluding hydrogens is 234 g/mol. The summed E-state index contributed by atoms with van der Waals surface area (Å²) in [5, 5.41) is 8.76. The third-order valence-corrected chi connectivity index (χ3v) is 3.11. The maximum Gasteiger partial charge on any atom is 0.248 e. The summed E-state index contributed by atoms with van der Waals surface area (Å²) in [4.78, 5) is 12.8. The van der Waals surface area contributed by atoms with E-state index >= 15 is 0 Å². The maximum atomic E-state index is 11.2. The Morgan fingerprint density at radius 1 is 1.39 bits per heavy atom. The van der Waals surface area contributed by atoms with E-state index in [1.165, 1.54) is 4.90 Å². The molecule has 5 nitrogen and oxygen atoms in total. The molecular formula is C13H17NO4. The first-order valence-electron chi connectivity index (χ1n) is 5.85. The van der Waals surface area contributed by atoms with Crippen molar-refractivity contribution >= 4 is 5.91 Å². The van der Waals surface area contributed by atoms with Gasteiger partial charge in [-0.3, -0.25) is 4.79 Å². The average Bonchev–Trinajstić information content (AvgIpc) is 2.81. The largest absolute Gasteiger partial charge is 0.454 e. The molecule has 18 heavy (non-hydrogen) atoms. The minimum atomic E-state index is -0.448. The van der Waals surface area contributed by atoms with Crippen LogP contribution in [-0.4, -0.2) is 42.9 Å². The molecule has 0 saturated carbocycles. The number of hydrogen-bond acceptors (Lipinski definition) is 4. The Hall–Kier alpha value is -1.75. The number of aliphatic hydroxyl groups excluding tert-OH is 1. The molecule has 1 heterocycles. The van der Waals surface area contributed by atoms with E-state index in [4.69, 9.17) is 14.6 Å². The number of aryl methyl sites for hydroxylation is 1. The van der Waals surface area contributed by atoms with Crippen LogP contribution in [0, 0.1) is 6.92 Å². The highest BCUT2D eigenvalue weighted by Gasteiger charge is 2.16. The fraction of sp³-hybridized carbons (Fsp3) is 0.462. The van der Waals surface area contributed by atoms with Crippen LogP contribution in [0.3, 0.4) is 0 Å². The first-order chi connectivity index (χ1) is 8.61. The zero-order valence-electron chi connectivity index (χ0n) is 10.6. The van der Waals surface area contributed by atoms with Crippen LogP contribution in [0.15, 0.2) is 12.1 Å². The first-order valence-corrected chi connectivity index (χ1v) is 5.85. The molecule has 0 unspecified atom stereocenters. The van der Waals surface area contributed by atoms with Crippen molar-refractivity contribution in [3.05, 3.63) is 23.3 Å². The number of amides is 1. The number of likely N-dealkylation sites (N-methyl/N-ethyl adjacent to an activating group) is 1. The number of fused-ring (bicyclic) bond motifs is 1. The van der Waals surface area contributed by atoms with Gasteiger partial charge in [-0.1, -0.05) is 0 Å². The average molecular weight is 251 g/mol. The van der Waals surface area contributed by atoms with Crippen molar-refractivity contribution in [3.63, 3.8) is 0 Å². The van der Waals surface area contributed by atoms with Gasteiger partial charge in [-0.25, -0.2) is 0 Å². The molecule has 98 valence electrons. The van der Waals surface area contributed by atoms with Gasteiger partial charge in [0.25, 0.3) is 0 Å². The van der Waals surface area contributed by atoms with E-state index in [1.54, 1.807) is 7.05 Å². The smallest absolute Gasteiger partial charge is 0.248 e. The van der Waals surface area contributed by atoms with Crippen molar-refractivity contribution in [1.29, 1.82) is 0 Å². The second-order valence-electron chi connectivity index (χ2n) is 4.36. The van der Waals surface area contributed by atoms with Crippen molar-refractivity contribution in [2.75, 3.05) is 27.0 Å². The molecule has 1 amide bonds. The lowest BCUT2D eigenvalue weighted by Crippen LogP contribution is -2.31. The van der Waals surface area contributed by atoms with Crippen LogP contribution in [0.4, 0.5) is 0 Å². The quantitative estimate of drug-likeness (QED) is 0.856. The normalized spacial score (nSPS) is 12.6. The monoisotopic (exact) mass is 251 g/mol. The van der Waals surface area contributed by atoms with Crippen molar-refractivity contribution in [2.45, 2.75) is 13.3 Å². The van der Waals surface area contributed by atoms with Gasteiger partial charge in [-0.15, -0.1) is 0 Å². The Morgan fingerprint density at radius 2 is 2.06 bits per heavy atom. The highest BCUT2D eigenvalue weighted by molar-refractivity contribution is 5.76. The van der Waals surface area contributed by atoms with Crippen molar-refractivity contribution in [2.24, 2.45) is 0 Å². The van der Waals surface area contributed by atoms with Crippen LogP contribution < -0.4 is 9.47 Å². The van der Waals surface area contributed by atoms with E-state index in [0.717, 1.165) is 29.0 Å². The Labute approximate surface area is 106 Å². The molecule has 0 fully saturated rings. The molecule has 0 aliphatic carbocycles. The molecule has 1 N–H and O–H groups in total. The van der Waals surface area contributed by atoms with E-state index < -0.39 is 6.61 Å². The Bertz CT molecular complexity index is 459. The number of carbonyl (C=O) groups is 1. The molecule has 2 rings (SSSR count). The molecule has 5 heteroatoms. The van der Waals surface area contributed by atoms with Crippen molar-refractivity contribution in [1.82, 2.24) is 4.90 Å². The topological polar surface area (TPSA) is 59.0 Å². The van der Waals surface area contributed by atoms with Gasteiger partial charge in [0, 0.05) is 13.6 Å². The standard InChI is InChI=1S/C13H17NO4/c1-9-5-11-12(18-8-17-11)6-10(9)3-4-14(2)13(16)7-15/h5-6,15H,3-4,7-8H2,1-2H3. The number of carbonyl (C=O) groups excluding carboxylic acids is 1. The van der Waals surface area contributed by atoms with Crippen molar-refractivity contribution < 1.29 is 19.4 Å². The molecule has 0 atom stereocenters. The summed E-state index contributed by atoms with van der Waals surface area (Å²) in [6.07, 6.45) is 0.727. The van der Waals surface area contributed by atoms with Crippen LogP contribution >= 0.6 is 0 Å². The third-order valence-electron chi connectivity index (χ3n) is 3.11. The SMILES string of the molecule is Cc1cc2c(cc1CCN(C)C(=O)CO)OCO2. The molecule has 0 radical (unpaired) electrons. The fourth-order valence-corrected chi connectivity index (χ4v) is 1.89. The summed E-state index contributed by atoms with van der Waals surface area (Å²) in [6, 6.07) is 3.90. The molecule has 1 aliphatic heterocycles. The van der Waals surface area contributed by atoms with Crippen LogP contribution in [0.5, 0.6) is 11.5 Å². The van der Waals surface area contributed by atoms with E-state index in [9.17, 15) is 4.79 Å². The van der Waals surface area contributed by atoms with Gasteiger partial charge in [0.2, 0.25) is 12.7 Å². The number of rotatable bonds is 4. The fourth-order valence-electron chi connectivity index (χ4n) is 1.89. The van der Waals surface area contributed by atoms with Crippen LogP contribution in [0.2, 0.25) is 0 Å². The van der Waals surface area contributed by atoms with Gasteiger partial charge in [0.1, 0.15) is 6.61 Å². The van der Waals surface area contributed by atoms with E-state index in [-0.39, 0.29) is 12.7 Å². The number of aliphatic hydroxyl groups is 1. The van der Waals surface area contributed by atoms with E-state index in [0.29, 0.717) is 6.54 Å². The summed E-state index contributed by atoms with van der Waals surface area (Å²) in [5.41, 5.74) is 2.24. The summed E-state index contributed by atoms with van der Waals surface area (Å²) < 4.78 is 10.6. The van der Waals surface area contributed by atoms with Crippen LogP contribution in [0.25, 0.3) is 0 Å². The highest BCUT2D eigenvalue weighted by Crippen LogP contribution is 2.34. The first kappa shape index (κ1) is 12.7. The minimum Gasteiger partial charge on any atom is -0.454 e. The Balaban J connectivity index is 2.04. The number of benzene rings is 1. The van der Waals surface area contributed by atoms with Gasteiger partial charge < -0.3 is 19.5 Å². The minimum absolute atomic E-state index is 0.265. The predicted molar refractivity (Wildman–Crippen MR) is 65.7 cm³/mol. The van der Waals surface area contributed by atoms with Gasteiger partial charge in [0.15, 0.2) is 11.5 Å². The van der Waals surface area contributed by atoms with Gasteiger partial charge in [0.05, 0.1) is 0 Å². The zero-order chi connectivity index (χ0) is 13.1. The summed E-state index contributed by atoms with van der Waals surface area (Å²) in [6.45, 7) is 2.39. The van der Waals surface area contributed by atoms with E-state index in [2.05, 4.69) is 0 Å². The Kier molecular flexibility index (Phi) is 3.72. The van der Waals surface area contributed by atoms with Crippen LogP contribution in [0.1, 0.15) is 11.1 Å². The second-order valence-corrected chi connectivity index (χ2v) is 4.36. The third kappa shape index (κ3) is 2.56. The number of ether oxygens (including phenoxy) is 2. The molecule has 1 aliphatic rings. The summed E-state index contributed by atoms with van der Waals surface area (Å²) in [5.74, 6) is 1.26.